The number of aliphatic imine (C=N–C) groups is 1. The molecule has 1 aromatic carbocycles. The summed E-state index contributed by atoms with van der Waals surface area (Å²) in [6.07, 6.45) is -4.35. The molecule has 5 nitrogen and oxygen atoms in total. The highest BCUT2D eigenvalue weighted by Gasteiger charge is 2.28. The van der Waals surface area contributed by atoms with E-state index in [4.69, 9.17) is 4.74 Å². The zero-order valence-corrected chi connectivity index (χ0v) is 18.3. The van der Waals surface area contributed by atoms with Crippen LogP contribution in [0.5, 0.6) is 5.75 Å². The number of aromatic nitrogens is 1. The zero-order chi connectivity index (χ0) is 19.2. The maximum absolute atomic E-state index is 12.2. The number of guanidine groups is 1. The SMILES string of the molecule is CN=C(NCc1cccc(OCC(F)(F)F)c1)NCc1nc(C)c(C)s1.I. The highest BCUT2D eigenvalue weighted by molar-refractivity contribution is 14.0. The van der Waals surface area contributed by atoms with Crippen molar-refractivity contribution in [1.29, 1.82) is 0 Å². The Morgan fingerprint density at radius 1 is 1.22 bits per heavy atom. The van der Waals surface area contributed by atoms with Gasteiger partial charge in [-0.1, -0.05) is 12.1 Å². The van der Waals surface area contributed by atoms with Crippen LogP contribution in [0.4, 0.5) is 13.2 Å². The van der Waals surface area contributed by atoms with Crippen LogP contribution in [0.1, 0.15) is 21.1 Å². The first-order valence-corrected chi connectivity index (χ1v) is 8.74. The molecule has 0 saturated heterocycles. The van der Waals surface area contributed by atoms with Crippen molar-refractivity contribution in [1.82, 2.24) is 15.6 Å². The predicted molar refractivity (Wildman–Crippen MR) is 112 cm³/mol. The van der Waals surface area contributed by atoms with Crippen LogP contribution >= 0.6 is 35.3 Å². The van der Waals surface area contributed by atoms with Crippen LogP contribution in [0.25, 0.3) is 0 Å². The fraction of sp³-hybridized carbons (Fsp3) is 0.412. The lowest BCUT2D eigenvalue weighted by molar-refractivity contribution is -0.153. The summed E-state index contributed by atoms with van der Waals surface area (Å²) in [4.78, 5) is 9.76. The zero-order valence-electron chi connectivity index (χ0n) is 15.2. The molecule has 2 aromatic rings. The van der Waals surface area contributed by atoms with Crippen LogP contribution in [0.2, 0.25) is 0 Å². The van der Waals surface area contributed by atoms with E-state index in [2.05, 4.69) is 20.6 Å². The van der Waals surface area contributed by atoms with E-state index >= 15 is 0 Å². The number of thiazole rings is 1. The number of halogens is 4. The van der Waals surface area contributed by atoms with Crippen LogP contribution in [0.3, 0.4) is 0 Å². The van der Waals surface area contributed by atoms with E-state index in [1.165, 1.54) is 10.9 Å². The second-order valence-electron chi connectivity index (χ2n) is 5.58. The average molecular weight is 514 g/mol. The van der Waals surface area contributed by atoms with Crippen LogP contribution in [-0.2, 0) is 13.1 Å². The second kappa shape index (κ2) is 10.7. The first-order chi connectivity index (χ1) is 12.3. The molecule has 10 heteroatoms. The van der Waals surface area contributed by atoms with E-state index in [1.807, 2.05) is 13.8 Å². The fourth-order valence-electron chi connectivity index (χ4n) is 2.09. The van der Waals surface area contributed by atoms with Crippen molar-refractivity contribution >= 4 is 41.3 Å². The minimum atomic E-state index is -4.35. The topological polar surface area (TPSA) is 58.5 Å². The van der Waals surface area contributed by atoms with Gasteiger partial charge in [0.15, 0.2) is 12.6 Å². The number of nitrogens with zero attached hydrogens (tertiary/aromatic N) is 2. The Bertz CT molecular complexity index is 745. The summed E-state index contributed by atoms with van der Waals surface area (Å²) < 4.78 is 41.4. The lowest BCUT2D eigenvalue weighted by Crippen LogP contribution is -2.36. The Balaban J connectivity index is 0.00000364. The summed E-state index contributed by atoms with van der Waals surface area (Å²) in [7, 11) is 1.65. The van der Waals surface area contributed by atoms with Gasteiger partial charge in [-0.2, -0.15) is 13.2 Å². The molecule has 0 amide bonds. The van der Waals surface area contributed by atoms with E-state index in [0.29, 0.717) is 19.0 Å². The highest BCUT2D eigenvalue weighted by Crippen LogP contribution is 2.19. The average Bonchev–Trinajstić information content (AvgIpc) is 2.91. The van der Waals surface area contributed by atoms with Gasteiger partial charge in [0, 0.05) is 18.5 Å². The van der Waals surface area contributed by atoms with Gasteiger partial charge >= 0.3 is 6.18 Å². The molecule has 0 aliphatic heterocycles. The molecule has 0 bridgehead atoms. The number of rotatable bonds is 6. The van der Waals surface area contributed by atoms with Gasteiger partial charge in [0.1, 0.15) is 10.8 Å². The van der Waals surface area contributed by atoms with Crippen LogP contribution in [0, 0.1) is 13.8 Å². The van der Waals surface area contributed by atoms with E-state index in [9.17, 15) is 13.2 Å². The number of ether oxygens (including phenoxy) is 1. The summed E-state index contributed by atoms with van der Waals surface area (Å²) in [6.45, 7) is 3.64. The van der Waals surface area contributed by atoms with Crippen molar-refractivity contribution in [2.24, 2.45) is 4.99 Å². The van der Waals surface area contributed by atoms with Gasteiger partial charge in [0.05, 0.1) is 12.2 Å². The van der Waals surface area contributed by atoms with E-state index in [1.54, 1.807) is 36.6 Å². The monoisotopic (exact) mass is 514 g/mol. The maximum Gasteiger partial charge on any atom is 0.422 e. The Kier molecular flexibility index (Phi) is 9.30. The smallest absolute Gasteiger partial charge is 0.422 e. The lowest BCUT2D eigenvalue weighted by Gasteiger charge is -2.13. The van der Waals surface area contributed by atoms with Crippen molar-refractivity contribution in [2.75, 3.05) is 13.7 Å². The summed E-state index contributed by atoms with van der Waals surface area (Å²) in [5.74, 6) is 0.760. The summed E-state index contributed by atoms with van der Waals surface area (Å²) in [5, 5.41) is 7.24. The molecule has 1 heterocycles. The van der Waals surface area contributed by atoms with Gasteiger partial charge < -0.3 is 15.4 Å². The second-order valence-corrected chi connectivity index (χ2v) is 6.87. The summed E-state index contributed by atoms with van der Waals surface area (Å²) >= 11 is 1.63. The summed E-state index contributed by atoms with van der Waals surface area (Å²) in [6, 6.07) is 6.52. The molecule has 2 rings (SSSR count). The van der Waals surface area contributed by atoms with Gasteiger partial charge in [0.2, 0.25) is 0 Å². The standard InChI is InChI=1S/C17H21F3N4OS.HI/c1-11-12(2)26-15(24-11)9-23-16(21-3)22-8-13-5-4-6-14(7-13)25-10-17(18,19)20;/h4-7H,8-10H2,1-3H3,(H2,21,22,23);1H. The minimum absolute atomic E-state index is 0. The molecule has 150 valence electrons. The first-order valence-electron chi connectivity index (χ1n) is 7.93. The molecule has 0 radical (unpaired) electrons. The largest absolute Gasteiger partial charge is 0.484 e. The number of alkyl halides is 3. The van der Waals surface area contributed by atoms with Gasteiger partial charge in [-0.05, 0) is 31.5 Å². The third kappa shape index (κ3) is 8.33. The van der Waals surface area contributed by atoms with Crippen molar-refractivity contribution in [3.63, 3.8) is 0 Å². The molecular weight excluding hydrogens is 492 g/mol. The number of benzene rings is 1. The molecule has 0 unspecified atom stereocenters. The number of hydrogen-bond donors (Lipinski definition) is 2. The Hall–Kier alpha value is -1.56. The lowest BCUT2D eigenvalue weighted by atomic mass is 10.2. The Morgan fingerprint density at radius 3 is 2.52 bits per heavy atom. The molecule has 0 aliphatic rings. The van der Waals surface area contributed by atoms with Crippen LogP contribution < -0.4 is 15.4 Å². The van der Waals surface area contributed by atoms with Crippen molar-refractivity contribution < 1.29 is 17.9 Å². The Morgan fingerprint density at radius 2 is 1.93 bits per heavy atom. The van der Waals surface area contributed by atoms with Gasteiger partial charge in [0.25, 0.3) is 0 Å². The van der Waals surface area contributed by atoms with Crippen molar-refractivity contribution in [3.05, 3.63) is 45.4 Å². The quantitative estimate of drug-likeness (QED) is 0.345. The molecule has 2 N–H and O–H groups in total. The fourth-order valence-corrected chi connectivity index (χ4v) is 2.96. The van der Waals surface area contributed by atoms with Gasteiger partial charge in [-0.25, -0.2) is 4.98 Å². The molecule has 0 saturated carbocycles. The number of aryl methyl sites for hydroxylation is 2. The van der Waals surface area contributed by atoms with Gasteiger partial charge in [-0.15, -0.1) is 35.3 Å². The van der Waals surface area contributed by atoms with E-state index in [0.717, 1.165) is 16.3 Å². The van der Waals surface area contributed by atoms with Crippen molar-refractivity contribution in [2.45, 2.75) is 33.1 Å². The predicted octanol–water partition coefficient (Wildman–Crippen LogP) is 4.18. The highest BCUT2D eigenvalue weighted by atomic mass is 127. The third-order valence-electron chi connectivity index (χ3n) is 3.46. The van der Waals surface area contributed by atoms with E-state index < -0.39 is 12.8 Å². The summed E-state index contributed by atoms with van der Waals surface area (Å²) in [5.41, 5.74) is 1.80. The molecule has 0 spiro atoms. The maximum atomic E-state index is 12.2. The van der Waals surface area contributed by atoms with Gasteiger partial charge in [-0.3, -0.25) is 4.99 Å². The van der Waals surface area contributed by atoms with Crippen molar-refractivity contribution in [3.8, 4) is 5.75 Å². The molecule has 1 aromatic heterocycles. The first kappa shape index (κ1) is 23.5. The Labute approximate surface area is 177 Å². The molecule has 0 aliphatic carbocycles. The molecule has 27 heavy (non-hydrogen) atoms. The number of hydrogen-bond acceptors (Lipinski definition) is 4. The van der Waals surface area contributed by atoms with Crippen LogP contribution in [0.15, 0.2) is 29.3 Å². The van der Waals surface area contributed by atoms with E-state index in [-0.39, 0.29) is 29.7 Å². The number of nitrogens with one attached hydrogen (secondary N) is 2. The third-order valence-corrected chi connectivity index (χ3v) is 4.54. The molecule has 0 fully saturated rings. The normalized spacial score (nSPS) is 11.7. The molecular formula is C17H22F3IN4OS. The minimum Gasteiger partial charge on any atom is -0.484 e. The molecule has 0 atom stereocenters. The van der Waals surface area contributed by atoms with Crippen LogP contribution in [-0.4, -0.2) is 30.8 Å².